The molecule has 0 unspecified atom stereocenters. The average Bonchev–Trinajstić information content (AvgIpc) is 2.42. The molecule has 0 radical (unpaired) electrons. The first kappa shape index (κ1) is 18.2. The van der Waals surface area contributed by atoms with Crippen LogP contribution in [0.2, 0.25) is 0 Å². The summed E-state index contributed by atoms with van der Waals surface area (Å²) in [6, 6.07) is 10.3. The predicted octanol–water partition coefficient (Wildman–Crippen LogP) is 5.36. The zero-order chi connectivity index (χ0) is 15.8. The van der Waals surface area contributed by atoms with Crippen LogP contribution in [-0.2, 0) is 16.1 Å². The van der Waals surface area contributed by atoms with Crippen LogP contribution in [0.1, 0.15) is 65.9 Å². The Kier molecular flexibility index (Phi) is 7.41. The molecule has 0 spiro atoms. The Morgan fingerprint density at radius 1 is 0.905 bits per heavy atom. The normalized spacial score (nSPS) is 12.6. The smallest absolute Gasteiger partial charge is 0.0716 e. The predicted molar refractivity (Wildman–Crippen MR) is 89.5 cm³/mol. The molecule has 0 aromatic heterocycles. The number of ether oxygens (including phenoxy) is 2. The van der Waals surface area contributed by atoms with E-state index in [9.17, 15) is 0 Å². The van der Waals surface area contributed by atoms with E-state index in [1.54, 1.807) is 0 Å². The molecular formula is C19H32O2. The lowest BCUT2D eigenvalue weighted by Gasteiger charge is -2.35. The van der Waals surface area contributed by atoms with E-state index in [1.807, 2.05) is 18.2 Å². The van der Waals surface area contributed by atoms with Crippen molar-refractivity contribution in [2.45, 2.75) is 78.1 Å². The summed E-state index contributed by atoms with van der Waals surface area (Å²) in [7, 11) is 0. The fourth-order valence-corrected chi connectivity index (χ4v) is 2.39. The molecule has 1 rings (SSSR count). The molecule has 0 amide bonds. The van der Waals surface area contributed by atoms with Crippen molar-refractivity contribution in [3.05, 3.63) is 35.9 Å². The van der Waals surface area contributed by atoms with Crippen LogP contribution >= 0.6 is 0 Å². The summed E-state index contributed by atoms with van der Waals surface area (Å²) in [6.07, 6.45) is 4.34. The maximum Gasteiger partial charge on any atom is 0.0716 e. The highest BCUT2D eigenvalue weighted by Crippen LogP contribution is 2.27. The van der Waals surface area contributed by atoms with E-state index >= 15 is 0 Å². The number of hydrogen-bond donors (Lipinski definition) is 0. The van der Waals surface area contributed by atoms with Gasteiger partial charge in [0.15, 0.2) is 0 Å². The van der Waals surface area contributed by atoms with Crippen LogP contribution in [0.15, 0.2) is 30.3 Å². The minimum atomic E-state index is -0.0566. The fourth-order valence-electron chi connectivity index (χ4n) is 2.39. The van der Waals surface area contributed by atoms with Gasteiger partial charge in [-0.1, -0.05) is 37.3 Å². The van der Waals surface area contributed by atoms with Crippen molar-refractivity contribution in [1.29, 1.82) is 0 Å². The summed E-state index contributed by atoms with van der Waals surface area (Å²) in [5, 5.41) is 0. The van der Waals surface area contributed by atoms with Gasteiger partial charge in [-0.25, -0.2) is 0 Å². The van der Waals surface area contributed by atoms with Gasteiger partial charge in [-0.2, -0.15) is 0 Å². The lowest BCUT2D eigenvalue weighted by molar-refractivity contribution is -0.128. The minimum absolute atomic E-state index is 0.0344. The topological polar surface area (TPSA) is 18.5 Å². The molecule has 0 atom stereocenters. The van der Waals surface area contributed by atoms with Crippen LogP contribution in [0.25, 0.3) is 0 Å². The van der Waals surface area contributed by atoms with E-state index in [2.05, 4.69) is 46.8 Å². The first-order chi connectivity index (χ1) is 9.85. The Hall–Kier alpha value is -0.860. The standard InChI is InChI=1S/C19H32O2/c1-6-18(2,3)21-19(4,5)14-10-11-15-20-16-17-12-8-7-9-13-17/h7-9,12-13H,6,10-11,14-16H2,1-5H3. The SMILES string of the molecule is CCC(C)(C)OC(C)(C)CCCCOCc1ccccc1. The van der Waals surface area contributed by atoms with Gasteiger partial charge in [-0.05, 0) is 58.9 Å². The second kappa shape index (κ2) is 8.55. The first-order valence-corrected chi connectivity index (χ1v) is 8.16. The van der Waals surface area contributed by atoms with Crippen LogP contribution in [-0.4, -0.2) is 17.8 Å². The molecule has 0 bridgehead atoms. The molecule has 2 nitrogen and oxygen atoms in total. The summed E-state index contributed by atoms with van der Waals surface area (Å²) in [6.45, 7) is 12.4. The van der Waals surface area contributed by atoms with Gasteiger partial charge < -0.3 is 9.47 Å². The van der Waals surface area contributed by atoms with Crippen LogP contribution in [0.3, 0.4) is 0 Å². The summed E-state index contributed by atoms with van der Waals surface area (Å²) >= 11 is 0. The lowest BCUT2D eigenvalue weighted by atomic mass is 9.98. The molecule has 0 aliphatic rings. The molecule has 0 aliphatic heterocycles. The van der Waals surface area contributed by atoms with Crippen LogP contribution in [0, 0.1) is 0 Å². The molecule has 0 saturated heterocycles. The van der Waals surface area contributed by atoms with Gasteiger partial charge in [-0.3, -0.25) is 0 Å². The lowest BCUT2D eigenvalue weighted by Crippen LogP contribution is -2.36. The van der Waals surface area contributed by atoms with Crippen molar-refractivity contribution < 1.29 is 9.47 Å². The zero-order valence-electron chi connectivity index (χ0n) is 14.4. The van der Waals surface area contributed by atoms with Crippen molar-refractivity contribution in [3.63, 3.8) is 0 Å². The Morgan fingerprint density at radius 2 is 1.57 bits per heavy atom. The van der Waals surface area contributed by atoms with Crippen molar-refractivity contribution in [3.8, 4) is 0 Å². The Bertz CT molecular complexity index is 382. The van der Waals surface area contributed by atoms with Crippen LogP contribution in [0.4, 0.5) is 0 Å². The van der Waals surface area contributed by atoms with E-state index in [4.69, 9.17) is 9.47 Å². The highest BCUT2D eigenvalue weighted by Gasteiger charge is 2.27. The zero-order valence-corrected chi connectivity index (χ0v) is 14.4. The van der Waals surface area contributed by atoms with Crippen molar-refractivity contribution in [2.24, 2.45) is 0 Å². The summed E-state index contributed by atoms with van der Waals surface area (Å²) in [4.78, 5) is 0. The fraction of sp³-hybridized carbons (Fsp3) is 0.684. The summed E-state index contributed by atoms with van der Waals surface area (Å²) in [5.74, 6) is 0. The van der Waals surface area contributed by atoms with Gasteiger partial charge in [0.25, 0.3) is 0 Å². The maximum absolute atomic E-state index is 6.21. The monoisotopic (exact) mass is 292 g/mol. The highest BCUT2D eigenvalue weighted by atomic mass is 16.5. The third kappa shape index (κ3) is 8.23. The Labute approximate surface area is 130 Å². The molecule has 0 N–H and O–H groups in total. The number of hydrogen-bond acceptors (Lipinski definition) is 2. The van der Waals surface area contributed by atoms with E-state index < -0.39 is 0 Å². The van der Waals surface area contributed by atoms with Gasteiger partial charge >= 0.3 is 0 Å². The van der Waals surface area contributed by atoms with Crippen LogP contribution in [0.5, 0.6) is 0 Å². The Balaban J connectivity index is 2.13. The highest BCUT2D eigenvalue weighted by molar-refractivity contribution is 5.13. The second-order valence-electron chi connectivity index (χ2n) is 6.97. The number of benzene rings is 1. The number of rotatable bonds is 10. The molecule has 1 aromatic rings. The molecule has 0 fully saturated rings. The van der Waals surface area contributed by atoms with Gasteiger partial charge in [0.05, 0.1) is 17.8 Å². The quantitative estimate of drug-likeness (QED) is 0.541. The molecule has 0 saturated carbocycles. The molecule has 1 aromatic carbocycles. The van der Waals surface area contributed by atoms with Crippen LogP contribution < -0.4 is 0 Å². The molecule has 0 heterocycles. The molecule has 120 valence electrons. The van der Waals surface area contributed by atoms with Gasteiger partial charge in [0, 0.05) is 6.61 Å². The molecule has 21 heavy (non-hydrogen) atoms. The summed E-state index contributed by atoms with van der Waals surface area (Å²) < 4.78 is 11.9. The van der Waals surface area contributed by atoms with E-state index in [0.717, 1.165) is 32.3 Å². The molecule has 0 aliphatic carbocycles. The van der Waals surface area contributed by atoms with E-state index in [0.29, 0.717) is 6.61 Å². The third-order valence-electron chi connectivity index (χ3n) is 3.83. The van der Waals surface area contributed by atoms with E-state index in [-0.39, 0.29) is 11.2 Å². The number of unbranched alkanes of at least 4 members (excludes halogenated alkanes) is 1. The second-order valence-corrected chi connectivity index (χ2v) is 6.97. The third-order valence-corrected chi connectivity index (χ3v) is 3.83. The van der Waals surface area contributed by atoms with Crippen molar-refractivity contribution in [2.75, 3.05) is 6.61 Å². The van der Waals surface area contributed by atoms with Gasteiger partial charge in [0.1, 0.15) is 0 Å². The Morgan fingerprint density at radius 3 is 2.19 bits per heavy atom. The minimum Gasteiger partial charge on any atom is -0.377 e. The molecular weight excluding hydrogens is 260 g/mol. The van der Waals surface area contributed by atoms with Crippen molar-refractivity contribution >= 4 is 0 Å². The van der Waals surface area contributed by atoms with E-state index in [1.165, 1.54) is 5.56 Å². The average molecular weight is 292 g/mol. The largest absolute Gasteiger partial charge is 0.377 e. The summed E-state index contributed by atoms with van der Waals surface area (Å²) in [5.41, 5.74) is 1.15. The first-order valence-electron chi connectivity index (χ1n) is 8.16. The van der Waals surface area contributed by atoms with Gasteiger partial charge in [0.2, 0.25) is 0 Å². The van der Waals surface area contributed by atoms with Crippen molar-refractivity contribution in [1.82, 2.24) is 0 Å². The maximum atomic E-state index is 6.21. The molecule has 2 heteroatoms. The van der Waals surface area contributed by atoms with Gasteiger partial charge in [-0.15, -0.1) is 0 Å².